The zero-order valence-corrected chi connectivity index (χ0v) is 9.20. The number of carboxylic acid groups (broad SMARTS) is 1. The van der Waals surface area contributed by atoms with Crippen LogP contribution in [-0.2, 0) is 4.79 Å². The molecule has 0 aromatic heterocycles. The van der Waals surface area contributed by atoms with Crippen molar-refractivity contribution in [2.75, 3.05) is 6.54 Å². The Balaban J connectivity index is 2.07. The van der Waals surface area contributed by atoms with Gasteiger partial charge in [0.25, 0.3) is 0 Å². The zero-order chi connectivity index (χ0) is 11.1. The highest BCUT2D eigenvalue weighted by Gasteiger charge is 2.55. The van der Waals surface area contributed by atoms with Crippen molar-refractivity contribution in [3.05, 3.63) is 11.6 Å². The van der Waals surface area contributed by atoms with E-state index in [2.05, 4.69) is 13.0 Å². The first kappa shape index (κ1) is 10.7. The summed E-state index contributed by atoms with van der Waals surface area (Å²) >= 11 is 0. The number of allylic oxidation sites excluding steroid dienone is 2. The molecule has 0 spiro atoms. The minimum absolute atomic E-state index is 0.107. The highest BCUT2D eigenvalue weighted by Crippen LogP contribution is 2.60. The van der Waals surface area contributed by atoms with E-state index in [1.54, 1.807) is 0 Å². The molecule has 0 aromatic rings. The summed E-state index contributed by atoms with van der Waals surface area (Å²) in [4.78, 5) is 10.8. The van der Waals surface area contributed by atoms with Crippen LogP contribution in [0.15, 0.2) is 11.6 Å². The van der Waals surface area contributed by atoms with Crippen molar-refractivity contribution in [1.82, 2.24) is 0 Å². The maximum absolute atomic E-state index is 10.8. The summed E-state index contributed by atoms with van der Waals surface area (Å²) in [6.45, 7) is 2.69. The van der Waals surface area contributed by atoms with Gasteiger partial charge in [-0.05, 0) is 43.1 Å². The molecule has 1 saturated carbocycles. The van der Waals surface area contributed by atoms with E-state index in [4.69, 9.17) is 10.8 Å². The maximum atomic E-state index is 10.8. The van der Waals surface area contributed by atoms with Crippen LogP contribution in [0.4, 0.5) is 0 Å². The summed E-state index contributed by atoms with van der Waals surface area (Å²) in [5.41, 5.74) is 7.19. The first-order chi connectivity index (χ1) is 7.13. The van der Waals surface area contributed by atoms with E-state index in [-0.39, 0.29) is 11.8 Å². The fourth-order valence-corrected chi connectivity index (χ4v) is 3.45. The number of hydrogen-bond acceptors (Lipinski definition) is 2. The number of aliphatic carboxylic acids is 1. The average molecular weight is 209 g/mol. The number of carbonyl (C=O) groups is 1. The maximum Gasteiger partial charge on any atom is 0.303 e. The van der Waals surface area contributed by atoms with Crippen molar-refractivity contribution in [2.24, 2.45) is 23.0 Å². The van der Waals surface area contributed by atoms with E-state index in [9.17, 15) is 4.79 Å². The van der Waals surface area contributed by atoms with Crippen LogP contribution in [0.1, 0.15) is 32.6 Å². The number of nitrogens with two attached hydrogens (primary N) is 1. The molecule has 0 saturated heterocycles. The number of fused-ring (bicyclic) bond motifs is 1. The quantitative estimate of drug-likeness (QED) is 0.694. The molecule has 3 nitrogen and oxygen atoms in total. The highest BCUT2D eigenvalue weighted by atomic mass is 16.4. The van der Waals surface area contributed by atoms with Gasteiger partial charge in [-0.25, -0.2) is 0 Å². The van der Waals surface area contributed by atoms with E-state index >= 15 is 0 Å². The third-order valence-electron chi connectivity index (χ3n) is 4.33. The summed E-state index contributed by atoms with van der Waals surface area (Å²) in [5, 5.41) is 8.92. The van der Waals surface area contributed by atoms with Gasteiger partial charge < -0.3 is 10.8 Å². The van der Waals surface area contributed by atoms with Crippen molar-refractivity contribution >= 4 is 5.97 Å². The molecule has 0 aromatic carbocycles. The summed E-state index contributed by atoms with van der Waals surface area (Å²) < 4.78 is 0. The monoisotopic (exact) mass is 209 g/mol. The predicted molar refractivity (Wildman–Crippen MR) is 58.3 cm³/mol. The summed E-state index contributed by atoms with van der Waals surface area (Å²) in [6.07, 6.45) is 5.68. The molecule has 0 unspecified atom stereocenters. The fourth-order valence-electron chi connectivity index (χ4n) is 3.45. The largest absolute Gasteiger partial charge is 0.481 e. The molecule has 84 valence electrons. The molecule has 3 N–H and O–H groups in total. The number of carboxylic acids is 1. The molecular weight excluding hydrogens is 190 g/mol. The van der Waals surface area contributed by atoms with E-state index in [0.29, 0.717) is 18.4 Å². The molecule has 3 heteroatoms. The van der Waals surface area contributed by atoms with Crippen molar-refractivity contribution < 1.29 is 9.90 Å². The number of hydrogen-bond donors (Lipinski definition) is 2. The van der Waals surface area contributed by atoms with Crippen molar-refractivity contribution in [1.29, 1.82) is 0 Å². The molecule has 0 aliphatic heterocycles. The average Bonchev–Trinajstić information content (AvgIpc) is 2.52. The Morgan fingerprint density at radius 2 is 2.47 bits per heavy atom. The Morgan fingerprint density at radius 1 is 1.73 bits per heavy atom. The Hall–Kier alpha value is -0.830. The van der Waals surface area contributed by atoms with Gasteiger partial charge in [-0.3, -0.25) is 4.79 Å². The molecule has 2 aliphatic rings. The Bertz CT molecular complexity index is 311. The van der Waals surface area contributed by atoms with Crippen molar-refractivity contribution in [2.45, 2.75) is 32.6 Å². The van der Waals surface area contributed by atoms with Gasteiger partial charge in [0.2, 0.25) is 0 Å². The van der Waals surface area contributed by atoms with Gasteiger partial charge in [0.05, 0.1) is 6.42 Å². The lowest BCUT2D eigenvalue weighted by molar-refractivity contribution is -0.144. The van der Waals surface area contributed by atoms with Crippen LogP contribution in [0, 0.1) is 17.3 Å². The molecule has 0 heterocycles. The lowest BCUT2D eigenvalue weighted by Crippen LogP contribution is -2.52. The highest BCUT2D eigenvalue weighted by molar-refractivity contribution is 5.68. The van der Waals surface area contributed by atoms with Crippen molar-refractivity contribution in [3.8, 4) is 0 Å². The van der Waals surface area contributed by atoms with Gasteiger partial charge in [-0.15, -0.1) is 0 Å². The third kappa shape index (κ3) is 1.49. The van der Waals surface area contributed by atoms with Gasteiger partial charge in [-0.1, -0.05) is 18.6 Å². The Kier molecular flexibility index (Phi) is 2.59. The van der Waals surface area contributed by atoms with E-state index in [1.165, 1.54) is 5.57 Å². The molecule has 15 heavy (non-hydrogen) atoms. The smallest absolute Gasteiger partial charge is 0.303 e. The minimum atomic E-state index is -0.705. The van der Waals surface area contributed by atoms with Crippen LogP contribution in [0.25, 0.3) is 0 Å². The predicted octanol–water partition coefficient (Wildman–Crippen LogP) is 1.78. The molecule has 0 amide bonds. The second-order valence-corrected chi connectivity index (χ2v) is 4.92. The van der Waals surface area contributed by atoms with Crippen molar-refractivity contribution in [3.63, 3.8) is 0 Å². The summed E-state index contributed by atoms with van der Waals surface area (Å²) in [6, 6.07) is 0. The molecule has 3 atom stereocenters. The second-order valence-electron chi connectivity index (χ2n) is 4.92. The molecule has 1 fully saturated rings. The molecule has 0 bridgehead atoms. The van der Waals surface area contributed by atoms with Gasteiger partial charge in [0.1, 0.15) is 0 Å². The Labute approximate surface area is 90.3 Å². The van der Waals surface area contributed by atoms with Gasteiger partial charge in [0, 0.05) is 0 Å². The normalized spacial score (nSPS) is 38.1. The Morgan fingerprint density at radius 3 is 3.00 bits per heavy atom. The van der Waals surface area contributed by atoms with Crippen LogP contribution in [0.3, 0.4) is 0 Å². The van der Waals surface area contributed by atoms with Crippen LogP contribution < -0.4 is 5.73 Å². The van der Waals surface area contributed by atoms with Gasteiger partial charge in [0.15, 0.2) is 0 Å². The summed E-state index contributed by atoms with van der Waals surface area (Å²) in [7, 11) is 0. The van der Waals surface area contributed by atoms with Gasteiger partial charge in [-0.2, -0.15) is 0 Å². The van der Waals surface area contributed by atoms with Crippen LogP contribution in [0.5, 0.6) is 0 Å². The van der Waals surface area contributed by atoms with Crippen LogP contribution in [-0.4, -0.2) is 17.6 Å². The van der Waals surface area contributed by atoms with Crippen LogP contribution >= 0.6 is 0 Å². The lowest BCUT2D eigenvalue weighted by Gasteiger charge is -2.52. The lowest BCUT2D eigenvalue weighted by atomic mass is 9.52. The number of rotatable bonds is 4. The van der Waals surface area contributed by atoms with Crippen LogP contribution in [0.2, 0.25) is 0 Å². The first-order valence-corrected chi connectivity index (χ1v) is 5.73. The SMILES string of the molecule is CCC1=CC[C@@H]2[C@H]1C[C@]2(CN)CC(=O)O. The van der Waals surface area contributed by atoms with E-state index in [0.717, 1.165) is 19.3 Å². The molecule has 2 aliphatic carbocycles. The summed E-state index contributed by atoms with van der Waals surface area (Å²) in [5.74, 6) is 0.440. The second kappa shape index (κ2) is 3.63. The van der Waals surface area contributed by atoms with Gasteiger partial charge >= 0.3 is 5.97 Å². The zero-order valence-electron chi connectivity index (χ0n) is 9.20. The minimum Gasteiger partial charge on any atom is -0.481 e. The fraction of sp³-hybridized carbons (Fsp3) is 0.750. The van der Waals surface area contributed by atoms with E-state index in [1.807, 2.05) is 0 Å². The molecule has 0 radical (unpaired) electrons. The molecular formula is C12H19NO2. The first-order valence-electron chi connectivity index (χ1n) is 5.73. The molecule has 2 rings (SSSR count). The topological polar surface area (TPSA) is 63.3 Å². The third-order valence-corrected chi connectivity index (χ3v) is 4.33. The standard InChI is InChI=1S/C12H19NO2/c1-2-8-3-4-10-9(8)5-12(10,7-13)6-11(14)15/h3,9-10H,2,4-7,13H2,1H3,(H,14,15)/t9-,10+,12+/m0/s1. The van der Waals surface area contributed by atoms with E-state index < -0.39 is 5.97 Å².